The molecule has 2 fully saturated rings. The molecule has 21 heavy (non-hydrogen) atoms. The molecule has 3 unspecified atom stereocenters. The smallest absolute Gasteiger partial charge is 0.140 e. The quantitative estimate of drug-likeness (QED) is 0.695. The molecule has 0 heterocycles. The number of Topliss-reactive ketones (excluding diaryl/α,β-unsaturated/α-hetero) is 1. The zero-order valence-electron chi connectivity index (χ0n) is 12.3. The Labute approximate surface area is 137 Å². The average molecular weight is 325 g/mol. The van der Waals surface area contributed by atoms with E-state index in [9.17, 15) is 4.79 Å². The SMILES string of the molecule is O=C(Cc1c(Cl)cccc1Cl)C1CCC2CCCCC2C1. The fourth-order valence-electron chi connectivity index (χ4n) is 4.19. The van der Waals surface area contributed by atoms with Crippen LogP contribution >= 0.6 is 23.2 Å². The molecular weight excluding hydrogens is 303 g/mol. The van der Waals surface area contributed by atoms with E-state index in [1.807, 2.05) is 18.2 Å². The van der Waals surface area contributed by atoms with E-state index in [4.69, 9.17) is 23.2 Å². The maximum Gasteiger partial charge on any atom is 0.140 e. The first-order chi connectivity index (χ1) is 10.1. The van der Waals surface area contributed by atoms with Crippen LogP contribution in [0.25, 0.3) is 0 Å². The second kappa shape index (κ2) is 6.71. The van der Waals surface area contributed by atoms with Gasteiger partial charge in [0, 0.05) is 22.4 Å². The Morgan fingerprint density at radius 3 is 2.38 bits per heavy atom. The number of hydrogen-bond donors (Lipinski definition) is 0. The molecule has 2 aliphatic rings. The highest BCUT2D eigenvalue weighted by molar-refractivity contribution is 6.36. The van der Waals surface area contributed by atoms with Gasteiger partial charge in [-0.15, -0.1) is 0 Å². The molecule has 2 saturated carbocycles. The zero-order chi connectivity index (χ0) is 14.8. The van der Waals surface area contributed by atoms with E-state index >= 15 is 0 Å². The van der Waals surface area contributed by atoms with Crippen molar-refractivity contribution in [2.75, 3.05) is 0 Å². The fourth-order valence-corrected chi connectivity index (χ4v) is 4.72. The van der Waals surface area contributed by atoms with E-state index in [0.29, 0.717) is 22.2 Å². The molecule has 1 aromatic rings. The molecule has 3 atom stereocenters. The number of rotatable bonds is 3. The molecule has 114 valence electrons. The van der Waals surface area contributed by atoms with Gasteiger partial charge in [0.2, 0.25) is 0 Å². The van der Waals surface area contributed by atoms with Crippen molar-refractivity contribution in [3.8, 4) is 0 Å². The molecule has 0 bridgehead atoms. The maximum atomic E-state index is 12.6. The lowest BCUT2D eigenvalue weighted by Gasteiger charge is -2.38. The number of carbonyl (C=O) groups is 1. The Morgan fingerprint density at radius 2 is 1.67 bits per heavy atom. The molecule has 1 nitrogen and oxygen atoms in total. The summed E-state index contributed by atoms with van der Waals surface area (Å²) in [7, 11) is 0. The van der Waals surface area contributed by atoms with Gasteiger partial charge in [-0.05, 0) is 48.8 Å². The maximum absolute atomic E-state index is 12.6. The van der Waals surface area contributed by atoms with Crippen molar-refractivity contribution >= 4 is 29.0 Å². The van der Waals surface area contributed by atoms with Gasteiger partial charge in [-0.3, -0.25) is 4.79 Å². The van der Waals surface area contributed by atoms with Crippen molar-refractivity contribution in [2.24, 2.45) is 17.8 Å². The van der Waals surface area contributed by atoms with Crippen molar-refractivity contribution in [3.05, 3.63) is 33.8 Å². The van der Waals surface area contributed by atoms with Crippen LogP contribution < -0.4 is 0 Å². The van der Waals surface area contributed by atoms with Crippen molar-refractivity contribution in [1.29, 1.82) is 0 Å². The second-order valence-corrected chi connectivity index (χ2v) is 7.47. The van der Waals surface area contributed by atoms with Gasteiger partial charge in [-0.1, -0.05) is 55.0 Å². The fraction of sp³-hybridized carbons (Fsp3) is 0.611. The number of ketones is 1. The molecular formula is C18H22Cl2O. The van der Waals surface area contributed by atoms with Crippen molar-refractivity contribution in [1.82, 2.24) is 0 Å². The third-order valence-electron chi connectivity index (χ3n) is 5.41. The number of benzene rings is 1. The predicted octanol–water partition coefficient (Wildman–Crippen LogP) is 5.71. The lowest BCUT2D eigenvalue weighted by molar-refractivity contribution is -0.124. The lowest BCUT2D eigenvalue weighted by atomic mass is 9.66. The topological polar surface area (TPSA) is 17.1 Å². The molecule has 0 N–H and O–H groups in total. The first-order valence-electron chi connectivity index (χ1n) is 8.10. The van der Waals surface area contributed by atoms with Crippen molar-refractivity contribution in [2.45, 2.75) is 51.4 Å². The molecule has 0 aliphatic heterocycles. The van der Waals surface area contributed by atoms with Gasteiger partial charge in [-0.25, -0.2) is 0 Å². The summed E-state index contributed by atoms with van der Waals surface area (Å²) in [6.07, 6.45) is 9.20. The molecule has 1 aromatic carbocycles. The van der Waals surface area contributed by atoms with E-state index in [0.717, 1.165) is 30.2 Å². The van der Waals surface area contributed by atoms with Gasteiger partial charge in [0.1, 0.15) is 5.78 Å². The standard InChI is InChI=1S/C18H22Cl2O/c19-16-6-3-7-17(20)15(16)11-18(21)14-9-8-12-4-1-2-5-13(12)10-14/h3,6-7,12-14H,1-2,4-5,8-11H2. The van der Waals surface area contributed by atoms with E-state index in [2.05, 4.69) is 0 Å². The van der Waals surface area contributed by atoms with Crippen LogP contribution in [-0.2, 0) is 11.2 Å². The highest BCUT2D eigenvalue weighted by Crippen LogP contribution is 2.43. The van der Waals surface area contributed by atoms with Gasteiger partial charge in [0.05, 0.1) is 0 Å². The summed E-state index contributed by atoms with van der Waals surface area (Å²) >= 11 is 12.4. The Hall–Kier alpha value is -0.530. The van der Waals surface area contributed by atoms with Crippen molar-refractivity contribution in [3.63, 3.8) is 0 Å². The van der Waals surface area contributed by atoms with Gasteiger partial charge >= 0.3 is 0 Å². The van der Waals surface area contributed by atoms with Crippen LogP contribution in [-0.4, -0.2) is 5.78 Å². The summed E-state index contributed by atoms with van der Waals surface area (Å²) in [4.78, 5) is 12.6. The number of carbonyl (C=O) groups excluding carboxylic acids is 1. The molecule has 0 aromatic heterocycles. The largest absolute Gasteiger partial charge is 0.299 e. The van der Waals surface area contributed by atoms with Gasteiger partial charge < -0.3 is 0 Å². The zero-order valence-corrected chi connectivity index (χ0v) is 13.8. The summed E-state index contributed by atoms with van der Waals surface area (Å²) in [5.74, 6) is 2.21. The van der Waals surface area contributed by atoms with Crippen LogP contribution in [0.15, 0.2) is 18.2 Å². The lowest BCUT2D eigenvalue weighted by Crippen LogP contribution is -2.31. The van der Waals surface area contributed by atoms with Crippen LogP contribution in [0.4, 0.5) is 0 Å². The van der Waals surface area contributed by atoms with E-state index in [1.54, 1.807) is 0 Å². The Morgan fingerprint density at radius 1 is 1.00 bits per heavy atom. The monoisotopic (exact) mass is 324 g/mol. The van der Waals surface area contributed by atoms with Crippen LogP contribution in [0.2, 0.25) is 10.0 Å². The molecule has 0 spiro atoms. The third kappa shape index (κ3) is 3.46. The molecule has 0 amide bonds. The summed E-state index contributed by atoms with van der Waals surface area (Å²) in [5, 5.41) is 1.23. The molecule has 2 aliphatic carbocycles. The Bertz CT molecular complexity index is 506. The van der Waals surface area contributed by atoms with Gasteiger partial charge in [0.25, 0.3) is 0 Å². The molecule has 0 radical (unpaired) electrons. The van der Waals surface area contributed by atoms with Crippen LogP contribution in [0, 0.1) is 17.8 Å². The number of hydrogen-bond acceptors (Lipinski definition) is 1. The third-order valence-corrected chi connectivity index (χ3v) is 6.12. The first-order valence-corrected chi connectivity index (χ1v) is 8.86. The minimum Gasteiger partial charge on any atom is -0.299 e. The number of fused-ring (bicyclic) bond motifs is 1. The minimum atomic E-state index is 0.219. The first kappa shape index (κ1) is 15.4. The Kier molecular flexibility index (Phi) is 4.91. The minimum absolute atomic E-state index is 0.219. The van der Waals surface area contributed by atoms with E-state index in [-0.39, 0.29) is 5.92 Å². The van der Waals surface area contributed by atoms with Crippen molar-refractivity contribution < 1.29 is 4.79 Å². The van der Waals surface area contributed by atoms with Gasteiger partial charge in [-0.2, -0.15) is 0 Å². The Balaban J connectivity index is 1.66. The predicted molar refractivity (Wildman–Crippen MR) is 88.0 cm³/mol. The van der Waals surface area contributed by atoms with Gasteiger partial charge in [0.15, 0.2) is 0 Å². The number of halogens is 2. The summed E-state index contributed by atoms with van der Waals surface area (Å²) < 4.78 is 0. The van der Waals surface area contributed by atoms with E-state index < -0.39 is 0 Å². The molecule has 3 heteroatoms. The molecule has 0 saturated heterocycles. The van der Waals surface area contributed by atoms with Crippen LogP contribution in [0.3, 0.4) is 0 Å². The van der Waals surface area contributed by atoms with Crippen LogP contribution in [0.1, 0.15) is 50.5 Å². The summed E-state index contributed by atoms with van der Waals surface area (Å²) in [6.45, 7) is 0. The highest BCUT2D eigenvalue weighted by atomic mass is 35.5. The van der Waals surface area contributed by atoms with E-state index in [1.165, 1.54) is 32.1 Å². The average Bonchev–Trinajstić information content (AvgIpc) is 2.50. The summed E-state index contributed by atoms with van der Waals surface area (Å²) in [6, 6.07) is 5.45. The normalized spacial score (nSPS) is 29.0. The van der Waals surface area contributed by atoms with Crippen LogP contribution in [0.5, 0.6) is 0 Å². The molecule has 3 rings (SSSR count). The highest BCUT2D eigenvalue weighted by Gasteiger charge is 2.34. The second-order valence-electron chi connectivity index (χ2n) is 6.66. The summed E-state index contributed by atoms with van der Waals surface area (Å²) in [5.41, 5.74) is 0.802.